The molecule has 0 aromatic heterocycles. The van der Waals surface area contributed by atoms with Gasteiger partial charge >= 0.3 is 0 Å². The largest absolute Gasteiger partial charge is 0.370 e. The van der Waals surface area contributed by atoms with Gasteiger partial charge in [-0.05, 0) is 42.5 Å². The smallest absolute Gasteiger partial charge is 0.249 e. The molecular weight excluding hydrogens is 516 g/mol. The SMILES string of the molecule is CNC(=O)[C@@H](Cc1ccccc1)N(C)C(=O)[C@@H](CC1=CC2=CC=CCC2C=C1)N(C)C(=O)COCC1CCCCN1. The van der Waals surface area contributed by atoms with Gasteiger partial charge in [0.1, 0.15) is 18.7 Å². The van der Waals surface area contributed by atoms with E-state index < -0.39 is 12.1 Å². The third-order valence-electron chi connectivity index (χ3n) is 8.31. The third-order valence-corrected chi connectivity index (χ3v) is 8.31. The van der Waals surface area contributed by atoms with E-state index in [-0.39, 0.29) is 30.4 Å². The van der Waals surface area contributed by atoms with Gasteiger partial charge in [-0.2, -0.15) is 0 Å². The highest BCUT2D eigenvalue weighted by atomic mass is 16.5. The molecule has 2 N–H and O–H groups in total. The Kier molecular flexibility index (Phi) is 11.1. The van der Waals surface area contributed by atoms with Crippen LogP contribution in [0.2, 0.25) is 0 Å². The number of rotatable bonds is 12. The van der Waals surface area contributed by atoms with Crippen LogP contribution >= 0.6 is 0 Å². The number of benzene rings is 1. The van der Waals surface area contributed by atoms with Crippen molar-refractivity contribution >= 4 is 17.7 Å². The van der Waals surface area contributed by atoms with Gasteiger partial charge in [-0.1, -0.05) is 73.2 Å². The molecular formula is C33H44N4O4. The first-order valence-electron chi connectivity index (χ1n) is 14.7. The molecule has 1 heterocycles. The van der Waals surface area contributed by atoms with Gasteiger partial charge in [0.25, 0.3) is 0 Å². The zero-order valence-electron chi connectivity index (χ0n) is 24.6. The Morgan fingerprint density at radius 1 is 1.07 bits per heavy atom. The van der Waals surface area contributed by atoms with E-state index in [4.69, 9.17) is 4.74 Å². The number of ether oxygens (including phenoxy) is 1. The maximum atomic E-state index is 14.1. The van der Waals surface area contributed by atoms with E-state index in [1.807, 2.05) is 30.3 Å². The first kappa shape index (κ1) is 30.5. The fourth-order valence-corrected chi connectivity index (χ4v) is 5.68. The molecule has 2 unspecified atom stereocenters. The van der Waals surface area contributed by atoms with Crippen molar-refractivity contribution < 1.29 is 19.1 Å². The summed E-state index contributed by atoms with van der Waals surface area (Å²) >= 11 is 0. The van der Waals surface area contributed by atoms with Crippen LogP contribution in [0.15, 0.2) is 77.9 Å². The van der Waals surface area contributed by atoms with Gasteiger partial charge in [-0.15, -0.1) is 0 Å². The molecule has 3 aliphatic rings. The quantitative estimate of drug-likeness (QED) is 0.410. The molecule has 1 aliphatic heterocycles. The summed E-state index contributed by atoms with van der Waals surface area (Å²) in [6.45, 7) is 1.33. The second-order valence-electron chi connectivity index (χ2n) is 11.2. The van der Waals surface area contributed by atoms with Crippen LogP contribution in [-0.2, 0) is 25.5 Å². The lowest BCUT2D eigenvalue weighted by Gasteiger charge is -2.35. The number of fused-ring (bicyclic) bond motifs is 1. The number of nitrogens with zero attached hydrogens (tertiary/aromatic N) is 2. The standard InChI is InChI=1S/C33H44N4O4/c1-34-32(39)29(20-24-11-5-4-6-12-24)37(3)33(40)30(21-25-16-17-26-13-7-8-14-27(26)19-25)36(2)31(38)23-41-22-28-15-9-10-18-35-28/h4-8,11-12,14,16-17,19,26,28-30,35H,9-10,13,15,18,20-23H2,1-3H3,(H,34,39)/t26?,28?,29-,30-/m1/s1. The fraction of sp³-hybridized carbons (Fsp3) is 0.485. The van der Waals surface area contributed by atoms with Gasteiger partial charge in [0, 0.05) is 45.9 Å². The van der Waals surface area contributed by atoms with Crippen molar-refractivity contribution in [3.05, 3.63) is 83.5 Å². The van der Waals surface area contributed by atoms with E-state index in [1.165, 1.54) is 15.4 Å². The number of carbonyl (C=O) groups is 3. The maximum Gasteiger partial charge on any atom is 0.249 e. The molecule has 8 nitrogen and oxygen atoms in total. The van der Waals surface area contributed by atoms with Crippen LogP contribution in [0, 0.1) is 5.92 Å². The zero-order valence-corrected chi connectivity index (χ0v) is 24.6. The monoisotopic (exact) mass is 560 g/mol. The Balaban J connectivity index is 1.52. The molecule has 8 heteroatoms. The Morgan fingerprint density at radius 3 is 2.61 bits per heavy atom. The van der Waals surface area contributed by atoms with Gasteiger partial charge in [-0.3, -0.25) is 14.4 Å². The summed E-state index contributed by atoms with van der Waals surface area (Å²) in [4.78, 5) is 43.5. The number of hydrogen-bond acceptors (Lipinski definition) is 5. The lowest BCUT2D eigenvalue weighted by atomic mass is 9.84. The average Bonchev–Trinajstić information content (AvgIpc) is 3.02. The second kappa shape index (κ2) is 14.9. The predicted molar refractivity (Wildman–Crippen MR) is 161 cm³/mol. The van der Waals surface area contributed by atoms with E-state index in [9.17, 15) is 14.4 Å². The second-order valence-corrected chi connectivity index (χ2v) is 11.2. The highest BCUT2D eigenvalue weighted by Gasteiger charge is 2.35. The van der Waals surface area contributed by atoms with Crippen LogP contribution in [0.5, 0.6) is 0 Å². The molecule has 1 saturated heterocycles. The number of piperidine rings is 1. The van der Waals surface area contributed by atoms with Gasteiger partial charge in [-0.25, -0.2) is 0 Å². The molecule has 1 fully saturated rings. The predicted octanol–water partition coefficient (Wildman–Crippen LogP) is 3.18. The number of nitrogens with one attached hydrogen (secondary N) is 2. The average molecular weight is 561 g/mol. The molecule has 2 aliphatic carbocycles. The van der Waals surface area contributed by atoms with Gasteiger partial charge in [0.2, 0.25) is 17.7 Å². The maximum absolute atomic E-state index is 14.1. The van der Waals surface area contributed by atoms with E-state index in [0.717, 1.165) is 43.4 Å². The summed E-state index contributed by atoms with van der Waals surface area (Å²) in [5, 5.41) is 6.14. The first-order valence-corrected chi connectivity index (χ1v) is 14.7. The molecule has 1 aromatic carbocycles. The van der Waals surface area contributed by atoms with Crippen LogP contribution in [0.25, 0.3) is 0 Å². The number of allylic oxidation sites excluding steroid dienone is 7. The van der Waals surface area contributed by atoms with Crippen molar-refractivity contribution in [3.8, 4) is 0 Å². The molecule has 0 radical (unpaired) electrons. The van der Waals surface area contributed by atoms with Gasteiger partial charge < -0.3 is 25.2 Å². The Bertz CT molecular complexity index is 1180. The van der Waals surface area contributed by atoms with Crippen molar-refractivity contribution in [2.24, 2.45) is 5.92 Å². The normalized spacial score (nSPS) is 21.1. The molecule has 0 saturated carbocycles. The van der Waals surface area contributed by atoms with Crippen LogP contribution < -0.4 is 10.6 Å². The number of likely N-dealkylation sites (N-methyl/N-ethyl adjacent to an activating group) is 3. The summed E-state index contributed by atoms with van der Waals surface area (Å²) in [5.41, 5.74) is 3.13. The Hall–Kier alpha value is -3.49. The van der Waals surface area contributed by atoms with Crippen LogP contribution in [-0.4, -0.2) is 86.5 Å². The minimum absolute atomic E-state index is 0.0992. The minimum Gasteiger partial charge on any atom is -0.370 e. The number of hydrogen-bond donors (Lipinski definition) is 2. The van der Waals surface area contributed by atoms with Crippen LogP contribution in [0.4, 0.5) is 0 Å². The van der Waals surface area contributed by atoms with Crippen molar-refractivity contribution in [1.29, 1.82) is 0 Å². The van der Waals surface area contributed by atoms with Crippen molar-refractivity contribution in [2.75, 3.05) is 40.9 Å². The lowest BCUT2D eigenvalue weighted by molar-refractivity contribution is -0.149. The topological polar surface area (TPSA) is 91.0 Å². The summed E-state index contributed by atoms with van der Waals surface area (Å²) in [5.74, 6) is -0.455. The highest BCUT2D eigenvalue weighted by molar-refractivity contribution is 5.92. The zero-order chi connectivity index (χ0) is 29.2. The summed E-state index contributed by atoms with van der Waals surface area (Å²) in [6, 6.07) is 8.38. The number of carbonyl (C=O) groups excluding carboxylic acids is 3. The van der Waals surface area contributed by atoms with Crippen molar-refractivity contribution in [1.82, 2.24) is 20.4 Å². The highest BCUT2D eigenvalue weighted by Crippen LogP contribution is 2.30. The first-order chi connectivity index (χ1) is 19.9. The Labute approximate surface area is 244 Å². The van der Waals surface area contributed by atoms with E-state index in [0.29, 0.717) is 25.4 Å². The van der Waals surface area contributed by atoms with Gasteiger partial charge in [0.15, 0.2) is 0 Å². The molecule has 0 spiro atoms. The molecule has 220 valence electrons. The molecule has 41 heavy (non-hydrogen) atoms. The van der Waals surface area contributed by atoms with E-state index >= 15 is 0 Å². The molecule has 1 aromatic rings. The molecule has 0 bridgehead atoms. The molecule has 4 atom stereocenters. The minimum atomic E-state index is -0.793. The summed E-state index contributed by atoms with van der Waals surface area (Å²) in [6.07, 6.45) is 17.7. The van der Waals surface area contributed by atoms with Crippen LogP contribution in [0.1, 0.15) is 37.7 Å². The summed E-state index contributed by atoms with van der Waals surface area (Å²) in [7, 11) is 4.88. The van der Waals surface area contributed by atoms with Crippen LogP contribution in [0.3, 0.4) is 0 Å². The summed E-state index contributed by atoms with van der Waals surface area (Å²) < 4.78 is 5.80. The molecule has 4 rings (SSSR count). The Morgan fingerprint density at radius 2 is 1.88 bits per heavy atom. The fourth-order valence-electron chi connectivity index (χ4n) is 5.68. The third kappa shape index (κ3) is 8.27. The van der Waals surface area contributed by atoms with Crippen molar-refractivity contribution in [3.63, 3.8) is 0 Å². The van der Waals surface area contributed by atoms with Crippen molar-refractivity contribution in [2.45, 2.75) is 56.7 Å². The number of amides is 3. The molecule has 3 amide bonds. The van der Waals surface area contributed by atoms with E-state index in [2.05, 4.69) is 47.1 Å². The lowest BCUT2D eigenvalue weighted by Crippen LogP contribution is -2.55. The van der Waals surface area contributed by atoms with Gasteiger partial charge in [0.05, 0.1) is 6.61 Å². The van der Waals surface area contributed by atoms with E-state index in [1.54, 1.807) is 21.1 Å².